The van der Waals surface area contributed by atoms with Gasteiger partial charge in [0.05, 0.1) is 13.7 Å². The van der Waals surface area contributed by atoms with Gasteiger partial charge in [-0.25, -0.2) is 0 Å². The van der Waals surface area contributed by atoms with E-state index in [-0.39, 0.29) is 0 Å². The molecule has 0 bridgehead atoms. The average Bonchev–Trinajstić information content (AvgIpc) is 2.32. The Balaban J connectivity index is 2.51. The molecule has 0 spiro atoms. The Bertz CT molecular complexity index is 427. The van der Waals surface area contributed by atoms with Crippen LogP contribution in [0.3, 0.4) is 0 Å². The minimum Gasteiger partial charge on any atom is -0.493 e. The number of methoxy groups -OCH3 is 1. The van der Waals surface area contributed by atoms with Crippen molar-refractivity contribution in [3.63, 3.8) is 0 Å². The van der Waals surface area contributed by atoms with E-state index < -0.39 is 11.5 Å². The van der Waals surface area contributed by atoms with Crippen LogP contribution in [0.25, 0.3) is 0 Å². The van der Waals surface area contributed by atoms with E-state index >= 15 is 0 Å². The van der Waals surface area contributed by atoms with Crippen molar-refractivity contribution in [2.45, 2.75) is 32.7 Å². The molecule has 0 aromatic heterocycles. The highest BCUT2D eigenvalue weighted by Gasteiger charge is 2.29. The highest BCUT2D eigenvalue weighted by Crippen LogP contribution is 2.17. The molecular weight excluding hydrogens is 230 g/mol. The highest BCUT2D eigenvalue weighted by molar-refractivity contribution is 5.79. The number of benzene rings is 1. The van der Waals surface area contributed by atoms with Gasteiger partial charge in [-0.1, -0.05) is 6.07 Å². The first kappa shape index (κ1) is 14.5. The Morgan fingerprint density at radius 1 is 1.33 bits per heavy atom. The fraction of sp³-hybridized carbons (Fsp3) is 0.500. The number of hydrogen-bond donors (Lipinski definition) is 1. The third-order valence-corrected chi connectivity index (χ3v) is 3.02. The molecule has 1 aromatic rings. The van der Waals surface area contributed by atoms with E-state index in [1.54, 1.807) is 6.92 Å². The van der Waals surface area contributed by atoms with Crippen molar-refractivity contribution in [2.75, 3.05) is 13.7 Å². The minimum atomic E-state index is -1.01. The number of aryl methyl sites for hydroxylation is 2. The molecule has 0 radical (unpaired) electrons. The first-order valence-corrected chi connectivity index (χ1v) is 5.94. The summed E-state index contributed by atoms with van der Waals surface area (Å²) in [4.78, 5) is 11.4. The summed E-state index contributed by atoms with van der Waals surface area (Å²) in [5, 5.41) is 0. The van der Waals surface area contributed by atoms with Gasteiger partial charge >= 0.3 is 5.97 Å². The lowest BCUT2D eigenvalue weighted by Gasteiger charge is -2.21. The molecule has 1 atom stereocenters. The number of rotatable bonds is 5. The Labute approximate surface area is 108 Å². The van der Waals surface area contributed by atoms with Gasteiger partial charge in [0.15, 0.2) is 0 Å². The van der Waals surface area contributed by atoms with Gasteiger partial charge in [-0.15, -0.1) is 0 Å². The van der Waals surface area contributed by atoms with Crippen molar-refractivity contribution in [3.8, 4) is 5.75 Å². The maximum Gasteiger partial charge on any atom is 0.325 e. The van der Waals surface area contributed by atoms with Gasteiger partial charge in [0.2, 0.25) is 0 Å². The summed E-state index contributed by atoms with van der Waals surface area (Å²) in [5.74, 6) is 0.366. The second kappa shape index (κ2) is 5.87. The molecule has 0 fully saturated rings. The maximum atomic E-state index is 11.4. The van der Waals surface area contributed by atoms with E-state index in [1.165, 1.54) is 18.2 Å². The zero-order chi connectivity index (χ0) is 13.8. The average molecular weight is 251 g/mol. The minimum absolute atomic E-state index is 0.380. The van der Waals surface area contributed by atoms with Crippen molar-refractivity contribution in [1.29, 1.82) is 0 Å². The fourth-order valence-corrected chi connectivity index (χ4v) is 1.52. The first-order valence-electron chi connectivity index (χ1n) is 5.94. The Hall–Kier alpha value is -1.55. The highest BCUT2D eigenvalue weighted by atomic mass is 16.5. The summed E-state index contributed by atoms with van der Waals surface area (Å²) < 4.78 is 10.2. The van der Waals surface area contributed by atoms with E-state index in [2.05, 4.69) is 4.74 Å². The standard InChI is InChI=1S/C14H21NO3/c1-10-5-6-12(9-11(10)2)18-8-7-14(3,15)13(16)17-4/h5-6,9H,7-8,15H2,1-4H3. The predicted molar refractivity (Wildman–Crippen MR) is 70.6 cm³/mol. The number of carbonyl (C=O) groups is 1. The lowest BCUT2D eigenvalue weighted by Crippen LogP contribution is -2.46. The van der Waals surface area contributed by atoms with Crippen LogP contribution in [0.5, 0.6) is 5.75 Å². The molecule has 1 rings (SSSR count). The molecule has 2 N–H and O–H groups in total. The monoisotopic (exact) mass is 251 g/mol. The zero-order valence-electron chi connectivity index (χ0n) is 11.4. The summed E-state index contributed by atoms with van der Waals surface area (Å²) in [6.45, 7) is 6.10. The molecule has 1 aromatic carbocycles. The second-order valence-corrected chi connectivity index (χ2v) is 4.75. The molecule has 0 aliphatic carbocycles. The summed E-state index contributed by atoms with van der Waals surface area (Å²) in [5.41, 5.74) is 7.23. The molecule has 0 aliphatic rings. The topological polar surface area (TPSA) is 61.5 Å². The van der Waals surface area contributed by atoms with Gasteiger partial charge in [-0.2, -0.15) is 0 Å². The predicted octanol–water partition coefficient (Wildman–Crippen LogP) is 1.96. The van der Waals surface area contributed by atoms with Crippen LogP contribution in [0.15, 0.2) is 18.2 Å². The van der Waals surface area contributed by atoms with Gasteiger partial charge in [0.25, 0.3) is 0 Å². The molecule has 0 aliphatic heterocycles. The van der Waals surface area contributed by atoms with E-state index in [4.69, 9.17) is 10.5 Å². The van der Waals surface area contributed by atoms with E-state index in [0.29, 0.717) is 13.0 Å². The third-order valence-electron chi connectivity index (χ3n) is 3.02. The van der Waals surface area contributed by atoms with Gasteiger partial charge in [-0.05, 0) is 44.0 Å². The van der Waals surface area contributed by atoms with Crippen molar-refractivity contribution < 1.29 is 14.3 Å². The van der Waals surface area contributed by atoms with Gasteiger partial charge in [0.1, 0.15) is 11.3 Å². The van der Waals surface area contributed by atoms with Crippen LogP contribution in [-0.2, 0) is 9.53 Å². The quantitative estimate of drug-likeness (QED) is 0.813. The summed E-state index contributed by atoms with van der Waals surface area (Å²) in [7, 11) is 1.33. The first-order chi connectivity index (χ1) is 8.36. The van der Waals surface area contributed by atoms with E-state index in [0.717, 1.165) is 5.75 Å². The van der Waals surface area contributed by atoms with Crippen LogP contribution in [0.2, 0.25) is 0 Å². The Morgan fingerprint density at radius 2 is 2.00 bits per heavy atom. The summed E-state index contributed by atoms with van der Waals surface area (Å²) in [6, 6.07) is 5.89. The molecule has 100 valence electrons. The van der Waals surface area contributed by atoms with Gasteiger partial charge in [0, 0.05) is 6.42 Å². The lowest BCUT2D eigenvalue weighted by molar-refractivity contribution is -0.146. The number of carbonyl (C=O) groups excluding carboxylic acids is 1. The zero-order valence-corrected chi connectivity index (χ0v) is 11.4. The number of hydrogen-bond acceptors (Lipinski definition) is 4. The number of nitrogens with two attached hydrogens (primary N) is 1. The fourth-order valence-electron chi connectivity index (χ4n) is 1.52. The smallest absolute Gasteiger partial charge is 0.325 e. The summed E-state index contributed by atoms with van der Waals surface area (Å²) >= 11 is 0. The van der Waals surface area contributed by atoms with Crippen molar-refractivity contribution in [2.24, 2.45) is 5.73 Å². The number of esters is 1. The second-order valence-electron chi connectivity index (χ2n) is 4.75. The molecular formula is C14H21NO3. The molecule has 1 unspecified atom stereocenters. The van der Waals surface area contributed by atoms with Crippen molar-refractivity contribution >= 4 is 5.97 Å². The molecule has 4 heteroatoms. The van der Waals surface area contributed by atoms with Gasteiger partial charge < -0.3 is 15.2 Å². The van der Waals surface area contributed by atoms with Crippen molar-refractivity contribution in [3.05, 3.63) is 29.3 Å². The molecule has 0 saturated heterocycles. The van der Waals surface area contributed by atoms with Gasteiger partial charge in [-0.3, -0.25) is 4.79 Å². The van der Waals surface area contributed by atoms with Crippen LogP contribution >= 0.6 is 0 Å². The van der Waals surface area contributed by atoms with Crippen LogP contribution in [0.1, 0.15) is 24.5 Å². The van der Waals surface area contributed by atoms with Crippen LogP contribution in [-0.4, -0.2) is 25.2 Å². The lowest BCUT2D eigenvalue weighted by atomic mass is 10.0. The Kier molecular flexibility index (Phi) is 4.73. The Morgan fingerprint density at radius 3 is 2.56 bits per heavy atom. The van der Waals surface area contributed by atoms with E-state index in [1.807, 2.05) is 32.0 Å². The largest absolute Gasteiger partial charge is 0.493 e. The van der Waals surface area contributed by atoms with Crippen LogP contribution < -0.4 is 10.5 Å². The van der Waals surface area contributed by atoms with E-state index in [9.17, 15) is 4.79 Å². The SMILES string of the molecule is COC(=O)C(C)(N)CCOc1ccc(C)c(C)c1. The molecule has 0 saturated carbocycles. The third kappa shape index (κ3) is 3.74. The normalized spacial score (nSPS) is 13.8. The summed E-state index contributed by atoms with van der Waals surface area (Å²) in [6.07, 6.45) is 0.409. The van der Waals surface area contributed by atoms with Crippen LogP contribution in [0, 0.1) is 13.8 Å². The van der Waals surface area contributed by atoms with Crippen molar-refractivity contribution in [1.82, 2.24) is 0 Å². The molecule has 18 heavy (non-hydrogen) atoms. The molecule has 4 nitrogen and oxygen atoms in total. The number of ether oxygens (including phenoxy) is 2. The molecule has 0 amide bonds. The van der Waals surface area contributed by atoms with Crippen LogP contribution in [0.4, 0.5) is 0 Å². The molecule has 0 heterocycles. The maximum absolute atomic E-state index is 11.4.